The molecule has 0 aromatic heterocycles. The summed E-state index contributed by atoms with van der Waals surface area (Å²) in [6, 6.07) is 7.89. The molecule has 118 valence electrons. The monoisotopic (exact) mass is 292 g/mol. The SMILES string of the molecule is CNC(CCN(C)C1CCCC(C)C1)c1ccccc1F. The molecule has 1 fully saturated rings. The van der Waals surface area contributed by atoms with Gasteiger partial charge >= 0.3 is 0 Å². The number of nitrogens with zero attached hydrogens (tertiary/aromatic N) is 1. The molecule has 0 heterocycles. The van der Waals surface area contributed by atoms with Gasteiger partial charge in [0.05, 0.1) is 0 Å². The van der Waals surface area contributed by atoms with Crippen molar-refractivity contribution in [3.8, 4) is 0 Å². The molecule has 3 unspecified atom stereocenters. The van der Waals surface area contributed by atoms with E-state index < -0.39 is 0 Å². The summed E-state index contributed by atoms with van der Waals surface area (Å²) in [4.78, 5) is 2.47. The summed E-state index contributed by atoms with van der Waals surface area (Å²) < 4.78 is 13.9. The minimum Gasteiger partial charge on any atom is -0.313 e. The van der Waals surface area contributed by atoms with Gasteiger partial charge in [-0.3, -0.25) is 0 Å². The van der Waals surface area contributed by atoms with Gasteiger partial charge in [-0.15, -0.1) is 0 Å². The Bertz CT molecular complexity index is 435. The second-order valence-electron chi connectivity index (χ2n) is 6.56. The van der Waals surface area contributed by atoms with Crippen LogP contribution in [0.4, 0.5) is 4.39 Å². The van der Waals surface area contributed by atoms with Gasteiger partial charge in [-0.1, -0.05) is 38.0 Å². The topological polar surface area (TPSA) is 15.3 Å². The Morgan fingerprint density at radius 3 is 2.76 bits per heavy atom. The predicted molar refractivity (Wildman–Crippen MR) is 86.9 cm³/mol. The lowest BCUT2D eigenvalue weighted by Gasteiger charge is -2.35. The maximum Gasteiger partial charge on any atom is 0.127 e. The molecule has 3 heteroatoms. The third kappa shape index (κ3) is 4.52. The van der Waals surface area contributed by atoms with Crippen molar-refractivity contribution in [3.05, 3.63) is 35.6 Å². The van der Waals surface area contributed by atoms with Gasteiger partial charge in [0.1, 0.15) is 5.82 Å². The van der Waals surface area contributed by atoms with Gasteiger partial charge in [0, 0.05) is 17.6 Å². The Balaban J connectivity index is 1.89. The van der Waals surface area contributed by atoms with E-state index in [1.54, 1.807) is 12.1 Å². The summed E-state index contributed by atoms with van der Waals surface area (Å²) in [7, 11) is 4.14. The van der Waals surface area contributed by atoms with E-state index in [4.69, 9.17) is 0 Å². The van der Waals surface area contributed by atoms with Crippen molar-refractivity contribution in [2.24, 2.45) is 5.92 Å². The second-order valence-corrected chi connectivity index (χ2v) is 6.56. The molecule has 0 bridgehead atoms. The van der Waals surface area contributed by atoms with Crippen LogP contribution in [0.2, 0.25) is 0 Å². The van der Waals surface area contributed by atoms with E-state index in [0.717, 1.165) is 24.4 Å². The fourth-order valence-electron chi connectivity index (χ4n) is 3.53. The zero-order chi connectivity index (χ0) is 15.2. The van der Waals surface area contributed by atoms with Crippen LogP contribution in [0.25, 0.3) is 0 Å². The first-order chi connectivity index (χ1) is 10.1. The molecule has 21 heavy (non-hydrogen) atoms. The largest absolute Gasteiger partial charge is 0.313 e. The molecule has 1 N–H and O–H groups in total. The predicted octanol–water partition coefficient (Wildman–Crippen LogP) is 3.99. The molecule has 2 rings (SSSR count). The molecule has 0 radical (unpaired) electrons. The van der Waals surface area contributed by atoms with Crippen LogP contribution in [-0.2, 0) is 0 Å². The Labute approximate surface area is 128 Å². The zero-order valence-corrected chi connectivity index (χ0v) is 13.6. The molecule has 1 saturated carbocycles. The van der Waals surface area contributed by atoms with Crippen molar-refractivity contribution in [1.29, 1.82) is 0 Å². The lowest BCUT2D eigenvalue weighted by Crippen LogP contribution is -2.37. The maximum atomic E-state index is 13.9. The fourth-order valence-corrected chi connectivity index (χ4v) is 3.53. The lowest BCUT2D eigenvalue weighted by atomic mass is 9.86. The normalized spacial score (nSPS) is 24.2. The van der Waals surface area contributed by atoms with Crippen molar-refractivity contribution in [1.82, 2.24) is 10.2 Å². The van der Waals surface area contributed by atoms with Crippen LogP contribution in [0, 0.1) is 11.7 Å². The van der Waals surface area contributed by atoms with Gasteiger partial charge in [0.2, 0.25) is 0 Å². The molecule has 0 spiro atoms. The highest BCUT2D eigenvalue weighted by molar-refractivity contribution is 5.21. The smallest absolute Gasteiger partial charge is 0.127 e. The summed E-state index contributed by atoms with van der Waals surface area (Å²) in [5, 5.41) is 3.26. The lowest BCUT2D eigenvalue weighted by molar-refractivity contribution is 0.158. The first-order valence-corrected chi connectivity index (χ1v) is 8.23. The van der Waals surface area contributed by atoms with Crippen molar-refractivity contribution >= 4 is 0 Å². The van der Waals surface area contributed by atoms with Gasteiger partial charge in [0.25, 0.3) is 0 Å². The average molecular weight is 292 g/mol. The molecule has 0 amide bonds. The standard InChI is InChI=1S/C18H29FN2/c1-14-7-6-8-15(13-14)21(3)12-11-18(20-2)16-9-4-5-10-17(16)19/h4-5,9-10,14-15,18,20H,6-8,11-13H2,1-3H3. The third-order valence-corrected chi connectivity index (χ3v) is 4.93. The molecular weight excluding hydrogens is 263 g/mol. The highest BCUT2D eigenvalue weighted by Gasteiger charge is 2.23. The third-order valence-electron chi connectivity index (χ3n) is 4.93. The van der Waals surface area contributed by atoms with Crippen molar-refractivity contribution < 1.29 is 4.39 Å². The van der Waals surface area contributed by atoms with Crippen molar-refractivity contribution in [3.63, 3.8) is 0 Å². The molecule has 1 aliphatic rings. The second kappa shape index (κ2) is 7.90. The number of benzene rings is 1. The van der Waals surface area contributed by atoms with Crippen LogP contribution in [0.15, 0.2) is 24.3 Å². The number of halogens is 1. The Hall–Kier alpha value is -0.930. The van der Waals surface area contributed by atoms with Crippen LogP contribution in [0.3, 0.4) is 0 Å². The molecule has 2 nitrogen and oxygen atoms in total. The van der Waals surface area contributed by atoms with Gasteiger partial charge < -0.3 is 10.2 Å². The van der Waals surface area contributed by atoms with E-state index in [1.807, 2.05) is 19.2 Å². The zero-order valence-electron chi connectivity index (χ0n) is 13.6. The van der Waals surface area contributed by atoms with E-state index in [-0.39, 0.29) is 11.9 Å². The maximum absolute atomic E-state index is 13.9. The van der Waals surface area contributed by atoms with Crippen LogP contribution < -0.4 is 5.32 Å². The van der Waals surface area contributed by atoms with Crippen LogP contribution in [-0.4, -0.2) is 31.6 Å². The van der Waals surface area contributed by atoms with E-state index in [9.17, 15) is 4.39 Å². The molecular formula is C18H29FN2. The van der Waals surface area contributed by atoms with Crippen molar-refractivity contribution in [2.45, 2.75) is 51.1 Å². The fraction of sp³-hybridized carbons (Fsp3) is 0.667. The molecule has 0 saturated heterocycles. The Morgan fingerprint density at radius 2 is 2.10 bits per heavy atom. The summed E-state index contributed by atoms with van der Waals surface area (Å²) in [6.45, 7) is 3.37. The number of rotatable bonds is 6. The van der Waals surface area contributed by atoms with Crippen LogP contribution in [0.5, 0.6) is 0 Å². The van der Waals surface area contributed by atoms with Crippen molar-refractivity contribution in [2.75, 3.05) is 20.6 Å². The van der Waals surface area contributed by atoms with Gasteiger partial charge in [-0.2, -0.15) is 0 Å². The summed E-state index contributed by atoms with van der Waals surface area (Å²) >= 11 is 0. The first-order valence-electron chi connectivity index (χ1n) is 8.23. The van der Waals surface area contributed by atoms with E-state index in [1.165, 1.54) is 25.7 Å². The Morgan fingerprint density at radius 1 is 1.33 bits per heavy atom. The van der Waals surface area contributed by atoms with Crippen LogP contribution >= 0.6 is 0 Å². The highest BCUT2D eigenvalue weighted by atomic mass is 19.1. The van der Waals surface area contributed by atoms with E-state index in [2.05, 4.69) is 24.2 Å². The highest BCUT2D eigenvalue weighted by Crippen LogP contribution is 2.27. The molecule has 3 atom stereocenters. The number of hydrogen-bond donors (Lipinski definition) is 1. The van der Waals surface area contributed by atoms with Gasteiger partial charge in [-0.25, -0.2) is 4.39 Å². The molecule has 1 aromatic carbocycles. The van der Waals surface area contributed by atoms with Crippen LogP contribution in [0.1, 0.15) is 50.6 Å². The molecule has 0 aliphatic heterocycles. The summed E-state index contributed by atoms with van der Waals surface area (Å²) in [6.07, 6.45) is 6.28. The molecule has 1 aromatic rings. The van der Waals surface area contributed by atoms with E-state index >= 15 is 0 Å². The van der Waals surface area contributed by atoms with E-state index in [0.29, 0.717) is 6.04 Å². The quantitative estimate of drug-likeness (QED) is 0.853. The summed E-state index contributed by atoms with van der Waals surface area (Å²) in [5.74, 6) is 0.739. The minimum atomic E-state index is -0.106. The molecule has 1 aliphatic carbocycles. The van der Waals surface area contributed by atoms with Gasteiger partial charge in [0.15, 0.2) is 0 Å². The van der Waals surface area contributed by atoms with Gasteiger partial charge in [-0.05, 0) is 51.9 Å². The first kappa shape index (κ1) is 16.4. The number of nitrogens with one attached hydrogen (secondary N) is 1. The number of hydrogen-bond acceptors (Lipinski definition) is 2. The Kier molecular flexibility index (Phi) is 6.19. The average Bonchev–Trinajstić information content (AvgIpc) is 2.49. The minimum absolute atomic E-state index is 0.0923. The summed E-state index contributed by atoms with van der Waals surface area (Å²) in [5.41, 5.74) is 0.783.